The highest BCUT2D eigenvalue weighted by molar-refractivity contribution is 5.76. The van der Waals surface area contributed by atoms with Gasteiger partial charge in [-0.2, -0.15) is 0 Å². The Hall–Kier alpha value is -0.610. The van der Waals surface area contributed by atoms with Crippen molar-refractivity contribution in [3.63, 3.8) is 0 Å². The van der Waals surface area contributed by atoms with Crippen molar-refractivity contribution in [3.05, 3.63) is 0 Å². The third-order valence-corrected chi connectivity index (χ3v) is 2.72. The number of hydrogen-bond acceptors (Lipinski definition) is 3. The van der Waals surface area contributed by atoms with Gasteiger partial charge < -0.3 is 15.1 Å². The average molecular weight is 199 g/mol. The zero-order valence-electron chi connectivity index (χ0n) is 9.25. The summed E-state index contributed by atoms with van der Waals surface area (Å²) in [5, 5.41) is 3.24. The van der Waals surface area contributed by atoms with E-state index in [1.54, 1.807) is 0 Å². The number of carbonyl (C=O) groups is 1. The second-order valence-corrected chi connectivity index (χ2v) is 3.78. The number of nitrogens with one attached hydrogen (secondary N) is 1. The van der Waals surface area contributed by atoms with E-state index in [0.717, 1.165) is 39.3 Å². The quantitative estimate of drug-likeness (QED) is 0.679. The number of rotatable bonds is 4. The SMILES string of the molecule is CCN(C)CCC(=O)N1CCNCC1. The molecule has 1 N–H and O–H groups in total. The number of piperazine rings is 1. The van der Waals surface area contributed by atoms with E-state index in [4.69, 9.17) is 0 Å². The normalized spacial score (nSPS) is 17.5. The predicted octanol–water partition coefficient (Wildman–Crippen LogP) is -0.240. The van der Waals surface area contributed by atoms with E-state index in [-0.39, 0.29) is 0 Å². The van der Waals surface area contributed by atoms with Gasteiger partial charge in [-0.1, -0.05) is 6.92 Å². The van der Waals surface area contributed by atoms with E-state index in [2.05, 4.69) is 17.1 Å². The molecule has 1 rings (SSSR count). The van der Waals surface area contributed by atoms with Crippen LogP contribution < -0.4 is 5.32 Å². The molecule has 0 spiro atoms. The van der Waals surface area contributed by atoms with Gasteiger partial charge in [0.15, 0.2) is 0 Å². The van der Waals surface area contributed by atoms with E-state index in [0.29, 0.717) is 12.3 Å². The third kappa shape index (κ3) is 3.64. The summed E-state index contributed by atoms with van der Waals surface area (Å²) in [7, 11) is 2.05. The minimum absolute atomic E-state index is 0.298. The molecule has 4 heteroatoms. The summed E-state index contributed by atoms with van der Waals surface area (Å²) in [6, 6.07) is 0. The number of hydrogen-bond donors (Lipinski definition) is 1. The highest BCUT2D eigenvalue weighted by Crippen LogP contribution is 1.98. The predicted molar refractivity (Wildman–Crippen MR) is 57.2 cm³/mol. The Kier molecular flexibility index (Phi) is 4.90. The van der Waals surface area contributed by atoms with Gasteiger partial charge in [-0.15, -0.1) is 0 Å². The lowest BCUT2D eigenvalue weighted by molar-refractivity contribution is -0.132. The van der Waals surface area contributed by atoms with Crippen LogP contribution in [-0.2, 0) is 4.79 Å². The van der Waals surface area contributed by atoms with E-state index < -0.39 is 0 Å². The van der Waals surface area contributed by atoms with Crippen molar-refractivity contribution in [3.8, 4) is 0 Å². The Morgan fingerprint density at radius 3 is 2.64 bits per heavy atom. The number of carbonyl (C=O) groups excluding carboxylic acids is 1. The molecule has 0 bridgehead atoms. The Balaban J connectivity index is 2.19. The highest BCUT2D eigenvalue weighted by Gasteiger charge is 2.15. The van der Waals surface area contributed by atoms with Crippen LogP contribution in [0.5, 0.6) is 0 Å². The molecular formula is C10H21N3O. The molecule has 14 heavy (non-hydrogen) atoms. The molecule has 1 saturated heterocycles. The summed E-state index contributed by atoms with van der Waals surface area (Å²) in [5.74, 6) is 0.298. The van der Waals surface area contributed by atoms with Gasteiger partial charge in [0.05, 0.1) is 0 Å². The minimum Gasteiger partial charge on any atom is -0.340 e. The molecule has 0 saturated carbocycles. The summed E-state index contributed by atoms with van der Waals surface area (Å²) in [6.07, 6.45) is 0.657. The van der Waals surface area contributed by atoms with Crippen molar-refractivity contribution in [2.75, 3.05) is 46.3 Å². The van der Waals surface area contributed by atoms with Crippen LogP contribution in [0.2, 0.25) is 0 Å². The number of nitrogens with zero attached hydrogens (tertiary/aromatic N) is 2. The Morgan fingerprint density at radius 1 is 1.43 bits per heavy atom. The van der Waals surface area contributed by atoms with Crippen LogP contribution in [0.3, 0.4) is 0 Å². The van der Waals surface area contributed by atoms with E-state index in [1.165, 1.54) is 0 Å². The Bertz CT molecular complexity index is 178. The van der Waals surface area contributed by atoms with Crippen LogP contribution in [-0.4, -0.2) is 62.0 Å². The zero-order valence-corrected chi connectivity index (χ0v) is 9.25. The second-order valence-electron chi connectivity index (χ2n) is 3.78. The van der Waals surface area contributed by atoms with Crippen LogP contribution in [0.25, 0.3) is 0 Å². The molecular weight excluding hydrogens is 178 g/mol. The first-order chi connectivity index (χ1) is 6.74. The molecule has 0 aromatic heterocycles. The molecule has 0 aliphatic carbocycles. The van der Waals surface area contributed by atoms with Crippen LogP contribution in [0.15, 0.2) is 0 Å². The smallest absolute Gasteiger partial charge is 0.223 e. The van der Waals surface area contributed by atoms with Gasteiger partial charge in [-0.3, -0.25) is 4.79 Å². The van der Waals surface area contributed by atoms with Crippen LogP contribution in [0.4, 0.5) is 0 Å². The molecule has 4 nitrogen and oxygen atoms in total. The summed E-state index contributed by atoms with van der Waals surface area (Å²) < 4.78 is 0. The molecule has 0 aromatic rings. The summed E-state index contributed by atoms with van der Waals surface area (Å²) >= 11 is 0. The van der Waals surface area contributed by atoms with Crippen molar-refractivity contribution in [2.24, 2.45) is 0 Å². The Morgan fingerprint density at radius 2 is 2.07 bits per heavy atom. The zero-order chi connectivity index (χ0) is 10.4. The van der Waals surface area contributed by atoms with Gasteiger partial charge in [0.25, 0.3) is 0 Å². The van der Waals surface area contributed by atoms with Gasteiger partial charge >= 0.3 is 0 Å². The third-order valence-electron chi connectivity index (χ3n) is 2.72. The van der Waals surface area contributed by atoms with Crippen molar-refractivity contribution in [1.29, 1.82) is 0 Å². The first-order valence-electron chi connectivity index (χ1n) is 5.41. The fourth-order valence-corrected chi connectivity index (χ4v) is 1.52. The monoisotopic (exact) mass is 199 g/mol. The largest absolute Gasteiger partial charge is 0.340 e. The van der Waals surface area contributed by atoms with Crippen molar-refractivity contribution >= 4 is 5.91 Å². The average Bonchev–Trinajstić information content (AvgIpc) is 2.26. The molecule has 82 valence electrons. The molecule has 0 unspecified atom stereocenters. The van der Waals surface area contributed by atoms with Gasteiger partial charge in [-0.25, -0.2) is 0 Å². The maximum absolute atomic E-state index is 11.7. The molecule has 0 atom stereocenters. The topological polar surface area (TPSA) is 35.6 Å². The van der Waals surface area contributed by atoms with Crippen LogP contribution in [0.1, 0.15) is 13.3 Å². The Labute approximate surface area is 86.2 Å². The van der Waals surface area contributed by atoms with Crippen molar-refractivity contribution in [2.45, 2.75) is 13.3 Å². The highest BCUT2D eigenvalue weighted by atomic mass is 16.2. The summed E-state index contributed by atoms with van der Waals surface area (Å²) in [6.45, 7) is 7.61. The molecule has 1 aliphatic rings. The maximum atomic E-state index is 11.7. The van der Waals surface area contributed by atoms with Crippen LogP contribution in [0, 0.1) is 0 Å². The number of amides is 1. The van der Waals surface area contributed by atoms with E-state index in [9.17, 15) is 4.79 Å². The molecule has 1 fully saturated rings. The van der Waals surface area contributed by atoms with Gasteiger partial charge in [0.2, 0.25) is 5.91 Å². The summed E-state index contributed by atoms with van der Waals surface area (Å²) in [4.78, 5) is 15.8. The molecule has 0 radical (unpaired) electrons. The molecule has 1 heterocycles. The van der Waals surface area contributed by atoms with Crippen molar-refractivity contribution in [1.82, 2.24) is 15.1 Å². The van der Waals surface area contributed by atoms with Crippen LogP contribution >= 0.6 is 0 Å². The van der Waals surface area contributed by atoms with E-state index >= 15 is 0 Å². The van der Waals surface area contributed by atoms with Gasteiger partial charge in [-0.05, 0) is 13.6 Å². The first kappa shape index (κ1) is 11.5. The fraction of sp³-hybridized carbons (Fsp3) is 0.900. The molecule has 1 aliphatic heterocycles. The molecule has 1 amide bonds. The minimum atomic E-state index is 0.298. The fourth-order valence-electron chi connectivity index (χ4n) is 1.52. The molecule has 0 aromatic carbocycles. The second kappa shape index (κ2) is 5.98. The van der Waals surface area contributed by atoms with Gasteiger partial charge in [0, 0.05) is 39.1 Å². The standard InChI is InChI=1S/C10H21N3O/c1-3-12(2)7-4-10(14)13-8-5-11-6-9-13/h11H,3-9H2,1-2H3. The van der Waals surface area contributed by atoms with E-state index in [1.807, 2.05) is 11.9 Å². The maximum Gasteiger partial charge on any atom is 0.223 e. The summed E-state index contributed by atoms with van der Waals surface area (Å²) in [5.41, 5.74) is 0. The van der Waals surface area contributed by atoms with Gasteiger partial charge in [0.1, 0.15) is 0 Å². The lowest BCUT2D eigenvalue weighted by Crippen LogP contribution is -2.47. The lowest BCUT2D eigenvalue weighted by Gasteiger charge is -2.28. The van der Waals surface area contributed by atoms with Crippen molar-refractivity contribution < 1.29 is 4.79 Å². The lowest BCUT2D eigenvalue weighted by atomic mass is 10.3. The first-order valence-corrected chi connectivity index (χ1v) is 5.41.